The number of amides is 1. The average molecular weight is 261 g/mol. The molecule has 0 spiro atoms. The van der Waals surface area contributed by atoms with Crippen LogP contribution in [0.25, 0.3) is 0 Å². The summed E-state index contributed by atoms with van der Waals surface area (Å²) in [6.07, 6.45) is 8.15. The van der Waals surface area contributed by atoms with Crippen LogP contribution in [0.2, 0.25) is 0 Å². The van der Waals surface area contributed by atoms with Crippen molar-refractivity contribution in [3.63, 3.8) is 0 Å². The van der Waals surface area contributed by atoms with E-state index >= 15 is 0 Å². The minimum Gasteiger partial charge on any atom is -0.324 e. The van der Waals surface area contributed by atoms with Gasteiger partial charge in [0.15, 0.2) is 0 Å². The highest BCUT2D eigenvalue weighted by molar-refractivity contribution is 5.91. The number of rotatable bonds is 4. The Kier molecular flexibility index (Phi) is 4.53. The highest BCUT2D eigenvalue weighted by Crippen LogP contribution is 2.31. The molecule has 1 aliphatic rings. The van der Waals surface area contributed by atoms with E-state index < -0.39 is 0 Å². The standard InChI is InChI=1S/C15H23N3O/c1-12-13(7-6-10-17-12)18-14(19)11-15(16-2)8-4-3-5-9-15/h6-7,10,16H,3-5,8-9,11H2,1-2H3,(H,18,19). The molecule has 1 heterocycles. The molecule has 0 aromatic carbocycles. The molecule has 1 aliphatic carbocycles. The lowest BCUT2D eigenvalue weighted by Gasteiger charge is -2.36. The van der Waals surface area contributed by atoms with Crippen LogP contribution in [0.5, 0.6) is 0 Å². The zero-order chi connectivity index (χ0) is 13.7. The van der Waals surface area contributed by atoms with Crippen molar-refractivity contribution in [2.24, 2.45) is 0 Å². The third-order valence-electron chi connectivity index (χ3n) is 4.12. The quantitative estimate of drug-likeness (QED) is 0.876. The monoisotopic (exact) mass is 261 g/mol. The molecule has 1 fully saturated rings. The number of carbonyl (C=O) groups excluding carboxylic acids is 1. The first-order valence-electron chi connectivity index (χ1n) is 7.06. The smallest absolute Gasteiger partial charge is 0.226 e. The summed E-state index contributed by atoms with van der Waals surface area (Å²) in [5.41, 5.74) is 1.66. The highest BCUT2D eigenvalue weighted by Gasteiger charge is 2.32. The average Bonchev–Trinajstić information content (AvgIpc) is 2.42. The number of pyridine rings is 1. The summed E-state index contributed by atoms with van der Waals surface area (Å²) < 4.78 is 0. The van der Waals surface area contributed by atoms with Crippen LogP contribution >= 0.6 is 0 Å². The van der Waals surface area contributed by atoms with E-state index in [4.69, 9.17) is 0 Å². The first-order valence-corrected chi connectivity index (χ1v) is 7.06. The van der Waals surface area contributed by atoms with Gasteiger partial charge >= 0.3 is 0 Å². The summed E-state index contributed by atoms with van der Waals surface area (Å²) >= 11 is 0. The van der Waals surface area contributed by atoms with E-state index in [1.165, 1.54) is 19.3 Å². The maximum absolute atomic E-state index is 12.2. The van der Waals surface area contributed by atoms with Gasteiger partial charge in [0.05, 0.1) is 11.4 Å². The molecular formula is C15H23N3O. The molecule has 1 saturated carbocycles. The lowest BCUT2D eigenvalue weighted by molar-refractivity contribution is -0.117. The number of aryl methyl sites for hydroxylation is 1. The number of hydrogen-bond donors (Lipinski definition) is 2. The molecule has 2 rings (SSSR count). The van der Waals surface area contributed by atoms with Gasteiger partial charge in [0, 0.05) is 18.2 Å². The van der Waals surface area contributed by atoms with E-state index in [0.717, 1.165) is 24.2 Å². The zero-order valence-corrected chi connectivity index (χ0v) is 11.8. The van der Waals surface area contributed by atoms with Crippen molar-refractivity contribution in [3.05, 3.63) is 24.0 Å². The van der Waals surface area contributed by atoms with Crippen LogP contribution in [0.15, 0.2) is 18.3 Å². The van der Waals surface area contributed by atoms with Crippen molar-refractivity contribution < 1.29 is 4.79 Å². The summed E-state index contributed by atoms with van der Waals surface area (Å²) in [5.74, 6) is 0.0763. The second-order valence-electron chi connectivity index (χ2n) is 5.45. The van der Waals surface area contributed by atoms with Gasteiger partial charge in [0.2, 0.25) is 5.91 Å². The van der Waals surface area contributed by atoms with Gasteiger partial charge in [-0.1, -0.05) is 19.3 Å². The molecule has 1 aromatic heterocycles. The molecule has 0 aliphatic heterocycles. The molecule has 104 valence electrons. The van der Waals surface area contributed by atoms with Crippen LogP contribution in [0.3, 0.4) is 0 Å². The van der Waals surface area contributed by atoms with Crippen LogP contribution in [0.4, 0.5) is 5.69 Å². The van der Waals surface area contributed by atoms with Gasteiger partial charge in [0.1, 0.15) is 0 Å². The molecule has 0 unspecified atom stereocenters. The third kappa shape index (κ3) is 3.53. The molecule has 0 atom stereocenters. The van der Waals surface area contributed by atoms with Crippen molar-refractivity contribution in [2.45, 2.75) is 51.0 Å². The van der Waals surface area contributed by atoms with E-state index in [1.807, 2.05) is 26.1 Å². The van der Waals surface area contributed by atoms with Crippen LogP contribution in [0.1, 0.15) is 44.2 Å². The molecule has 4 nitrogen and oxygen atoms in total. The van der Waals surface area contributed by atoms with Gasteiger partial charge < -0.3 is 10.6 Å². The van der Waals surface area contributed by atoms with Gasteiger partial charge in [0.25, 0.3) is 0 Å². The van der Waals surface area contributed by atoms with E-state index in [1.54, 1.807) is 6.20 Å². The lowest BCUT2D eigenvalue weighted by atomic mass is 9.79. The molecule has 2 N–H and O–H groups in total. The Morgan fingerprint density at radius 1 is 1.37 bits per heavy atom. The Labute approximate surface area is 115 Å². The van der Waals surface area contributed by atoms with Crippen molar-refractivity contribution in [1.82, 2.24) is 10.3 Å². The fourth-order valence-electron chi connectivity index (χ4n) is 2.86. The second kappa shape index (κ2) is 6.15. The highest BCUT2D eigenvalue weighted by atomic mass is 16.1. The summed E-state index contributed by atoms with van der Waals surface area (Å²) in [6.45, 7) is 1.91. The molecule has 0 bridgehead atoms. The number of nitrogens with one attached hydrogen (secondary N) is 2. The fraction of sp³-hybridized carbons (Fsp3) is 0.600. The number of carbonyl (C=O) groups is 1. The normalized spacial score (nSPS) is 18.0. The summed E-state index contributed by atoms with van der Waals surface area (Å²) in [6, 6.07) is 3.74. The van der Waals surface area contributed by atoms with Crippen LogP contribution in [-0.4, -0.2) is 23.5 Å². The van der Waals surface area contributed by atoms with Crippen LogP contribution < -0.4 is 10.6 Å². The van der Waals surface area contributed by atoms with Crippen molar-refractivity contribution in [2.75, 3.05) is 12.4 Å². The predicted molar refractivity (Wildman–Crippen MR) is 77.1 cm³/mol. The van der Waals surface area contributed by atoms with Gasteiger partial charge in [-0.05, 0) is 38.9 Å². The van der Waals surface area contributed by atoms with E-state index in [-0.39, 0.29) is 11.4 Å². The number of hydrogen-bond acceptors (Lipinski definition) is 3. The molecule has 0 saturated heterocycles. The molecule has 1 amide bonds. The third-order valence-corrected chi connectivity index (χ3v) is 4.12. The first-order chi connectivity index (χ1) is 9.15. The van der Waals surface area contributed by atoms with E-state index in [9.17, 15) is 4.79 Å². The summed E-state index contributed by atoms with van der Waals surface area (Å²) in [5, 5.41) is 6.35. The minimum absolute atomic E-state index is 0.0154. The molecule has 1 aromatic rings. The molecular weight excluding hydrogens is 238 g/mol. The topological polar surface area (TPSA) is 54.0 Å². The van der Waals surface area contributed by atoms with Gasteiger partial charge in [-0.15, -0.1) is 0 Å². The Balaban J connectivity index is 1.98. The van der Waals surface area contributed by atoms with Crippen LogP contribution in [-0.2, 0) is 4.79 Å². The molecule has 19 heavy (non-hydrogen) atoms. The molecule has 0 radical (unpaired) electrons. The van der Waals surface area contributed by atoms with Gasteiger partial charge in [-0.2, -0.15) is 0 Å². The number of aromatic nitrogens is 1. The van der Waals surface area contributed by atoms with Crippen LogP contribution in [0, 0.1) is 6.92 Å². The predicted octanol–water partition coefficient (Wildman–Crippen LogP) is 2.64. The SMILES string of the molecule is CNC1(CC(=O)Nc2cccnc2C)CCCCC1. The number of anilines is 1. The second-order valence-corrected chi connectivity index (χ2v) is 5.45. The minimum atomic E-state index is -0.0154. The van der Waals surface area contributed by atoms with Crippen molar-refractivity contribution >= 4 is 11.6 Å². The summed E-state index contributed by atoms with van der Waals surface area (Å²) in [4.78, 5) is 16.4. The van der Waals surface area contributed by atoms with Crippen molar-refractivity contribution in [3.8, 4) is 0 Å². The zero-order valence-electron chi connectivity index (χ0n) is 11.8. The molecule has 4 heteroatoms. The Morgan fingerprint density at radius 2 is 2.11 bits per heavy atom. The summed E-state index contributed by atoms with van der Waals surface area (Å²) in [7, 11) is 1.97. The van der Waals surface area contributed by atoms with E-state index in [0.29, 0.717) is 6.42 Å². The maximum atomic E-state index is 12.2. The Morgan fingerprint density at radius 3 is 2.74 bits per heavy atom. The van der Waals surface area contributed by atoms with Crippen molar-refractivity contribution in [1.29, 1.82) is 0 Å². The van der Waals surface area contributed by atoms with Gasteiger partial charge in [-0.3, -0.25) is 9.78 Å². The Bertz CT molecular complexity index is 439. The maximum Gasteiger partial charge on any atom is 0.226 e. The number of nitrogens with zero attached hydrogens (tertiary/aromatic N) is 1. The van der Waals surface area contributed by atoms with Gasteiger partial charge in [-0.25, -0.2) is 0 Å². The fourth-order valence-corrected chi connectivity index (χ4v) is 2.86. The Hall–Kier alpha value is -1.42. The first kappa shape index (κ1) is 14.0. The van der Waals surface area contributed by atoms with E-state index in [2.05, 4.69) is 15.6 Å². The largest absolute Gasteiger partial charge is 0.324 e. The lowest BCUT2D eigenvalue weighted by Crippen LogP contribution is -2.47.